The number of rotatable bonds is 3. The number of amides is 1. The van der Waals surface area contributed by atoms with E-state index >= 15 is 0 Å². The quantitative estimate of drug-likeness (QED) is 0.798. The first kappa shape index (κ1) is 11.6. The van der Waals surface area contributed by atoms with Crippen LogP contribution in [0.25, 0.3) is 0 Å². The van der Waals surface area contributed by atoms with Gasteiger partial charge < -0.3 is 10.5 Å². The van der Waals surface area contributed by atoms with Crippen molar-refractivity contribution in [3.05, 3.63) is 35.9 Å². The highest BCUT2D eigenvalue weighted by atomic mass is 16.6. The van der Waals surface area contributed by atoms with Crippen molar-refractivity contribution < 1.29 is 14.3 Å². The number of carbonyl (C=O) groups excluding carboxylic acids is 2. The third-order valence-corrected chi connectivity index (χ3v) is 3.09. The van der Waals surface area contributed by atoms with Crippen molar-refractivity contribution in [2.45, 2.75) is 25.4 Å². The van der Waals surface area contributed by atoms with Crippen LogP contribution in [-0.4, -0.2) is 18.0 Å². The molecule has 3 atom stereocenters. The Morgan fingerprint density at radius 3 is 2.53 bits per heavy atom. The van der Waals surface area contributed by atoms with Crippen LogP contribution < -0.4 is 5.73 Å². The molecule has 1 fully saturated rings. The van der Waals surface area contributed by atoms with E-state index < -0.39 is 17.9 Å². The molecule has 90 valence electrons. The summed E-state index contributed by atoms with van der Waals surface area (Å²) < 4.78 is 5.21. The smallest absolute Gasteiger partial charge is 0.309 e. The van der Waals surface area contributed by atoms with E-state index in [1.54, 1.807) is 6.92 Å². The average molecular weight is 233 g/mol. The normalized spacial score (nSPS) is 25.4. The van der Waals surface area contributed by atoms with Gasteiger partial charge in [0.2, 0.25) is 5.91 Å². The second kappa shape index (κ2) is 4.57. The summed E-state index contributed by atoms with van der Waals surface area (Å²) in [5.41, 5.74) is 6.21. The largest absolute Gasteiger partial charge is 0.461 e. The van der Waals surface area contributed by atoms with Gasteiger partial charge in [0.15, 0.2) is 0 Å². The lowest BCUT2D eigenvalue weighted by Gasteiger charge is -2.19. The first-order valence-corrected chi connectivity index (χ1v) is 5.64. The highest BCUT2D eigenvalue weighted by molar-refractivity contribution is 5.84. The van der Waals surface area contributed by atoms with Crippen LogP contribution in [0.1, 0.15) is 24.8 Å². The average Bonchev–Trinajstić information content (AvgIpc) is 2.60. The molecule has 0 aromatic heterocycles. The van der Waals surface area contributed by atoms with E-state index in [9.17, 15) is 9.59 Å². The lowest BCUT2D eigenvalue weighted by molar-refractivity contribution is -0.145. The molecule has 1 aliphatic heterocycles. The predicted molar refractivity (Wildman–Crippen MR) is 62.0 cm³/mol. The van der Waals surface area contributed by atoms with Gasteiger partial charge in [0.05, 0.1) is 11.8 Å². The zero-order chi connectivity index (χ0) is 12.4. The maximum atomic E-state index is 11.5. The Morgan fingerprint density at radius 2 is 2.06 bits per heavy atom. The molecule has 0 spiro atoms. The fourth-order valence-electron chi connectivity index (χ4n) is 2.18. The van der Waals surface area contributed by atoms with Crippen molar-refractivity contribution in [2.24, 2.45) is 11.7 Å². The molecule has 0 aliphatic carbocycles. The Balaban J connectivity index is 2.25. The number of benzene rings is 1. The Morgan fingerprint density at radius 1 is 1.41 bits per heavy atom. The van der Waals surface area contributed by atoms with Crippen LogP contribution >= 0.6 is 0 Å². The highest BCUT2D eigenvalue weighted by Gasteiger charge is 2.39. The second-order valence-corrected chi connectivity index (χ2v) is 4.40. The van der Waals surface area contributed by atoms with E-state index in [2.05, 4.69) is 0 Å². The van der Waals surface area contributed by atoms with Crippen LogP contribution in [0.5, 0.6) is 0 Å². The Bertz CT molecular complexity index is 430. The fourth-order valence-corrected chi connectivity index (χ4v) is 2.18. The van der Waals surface area contributed by atoms with Gasteiger partial charge in [0, 0.05) is 0 Å². The van der Waals surface area contributed by atoms with E-state index in [0.717, 1.165) is 5.56 Å². The van der Waals surface area contributed by atoms with E-state index in [1.807, 2.05) is 30.3 Å². The summed E-state index contributed by atoms with van der Waals surface area (Å²) in [6.07, 6.45) is 0.110. The van der Waals surface area contributed by atoms with Crippen molar-refractivity contribution in [3.63, 3.8) is 0 Å². The molecule has 1 aromatic rings. The van der Waals surface area contributed by atoms with Crippen LogP contribution in [0.4, 0.5) is 0 Å². The minimum atomic E-state index is -0.551. The topological polar surface area (TPSA) is 69.4 Å². The van der Waals surface area contributed by atoms with Crippen LogP contribution in [0, 0.1) is 5.92 Å². The van der Waals surface area contributed by atoms with Gasteiger partial charge in [-0.05, 0) is 12.0 Å². The standard InChI is InChI=1S/C13H15NO3/c1-8-7-10(17-13(8)16)11(12(14)15)9-5-3-2-4-6-9/h2-6,8,10-11H,7H2,1H3,(H2,14,15)/t8-,10?,11+/m1/s1. The summed E-state index contributed by atoms with van der Waals surface area (Å²) in [5, 5.41) is 0. The summed E-state index contributed by atoms with van der Waals surface area (Å²) in [4.78, 5) is 22.9. The number of ether oxygens (including phenoxy) is 1. The molecule has 0 bridgehead atoms. The molecular weight excluding hydrogens is 218 g/mol. The molecule has 1 heterocycles. The second-order valence-electron chi connectivity index (χ2n) is 4.40. The van der Waals surface area contributed by atoms with Crippen molar-refractivity contribution in [1.29, 1.82) is 0 Å². The molecule has 2 rings (SSSR count). The molecule has 1 amide bonds. The highest BCUT2D eigenvalue weighted by Crippen LogP contribution is 2.32. The molecule has 1 unspecified atom stereocenters. The van der Waals surface area contributed by atoms with Crippen LogP contribution in [0.15, 0.2) is 30.3 Å². The maximum absolute atomic E-state index is 11.5. The minimum absolute atomic E-state index is 0.162. The molecule has 17 heavy (non-hydrogen) atoms. The van der Waals surface area contributed by atoms with Crippen LogP contribution in [0.2, 0.25) is 0 Å². The summed E-state index contributed by atoms with van der Waals surface area (Å²) in [6, 6.07) is 9.19. The van der Waals surface area contributed by atoms with Gasteiger partial charge in [-0.2, -0.15) is 0 Å². The van der Waals surface area contributed by atoms with Gasteiger partial charge in [-0.1, -0.05) is 37.3 Å². The lowest BCUT2D eigenvalue weighted by atomic mass is 9.89. The van der Waals surface area contributed by atoms with E-state index in [1.165, 1.54) is 0 Å². The van der Waals surface area contributed by atoms with Crippen molar-refractivity contribution in [3.8, 4) is 0 Å². The van der Waals surface area contributed by atoms with Crippen LogP contribution in [-0.2, 0) is 14.3 Å². The molecule has 0 radical (unpaired) electrons. The SMILES string of the molecule is C[C@@H]1CC([C@@H](C(N)=O)c2ccccc2)OC1=O. The lowest BCUT2D eigenvalue weighted by Crippen LogP contribution is -2.31. The molecule has 4 heteroatoms. The van der Waals surface area contributed by atoms with E-state index in [4.69, 9.17) is 10.5 Å². The number of cyclic esters (lactones) is 1. The van der Waals surface area contributed by atoms with Gasteiger partial charge >= 0.3 is 5.97 Å². The number of esters is 1. The number of hydrogen-bond acceptors (Lipinski definition) is 3. The number of hydrogen-bond donors (Lipinski definition) is 1. The Labute approximate surface area is 99.8 Å². The summed E-state index contributed by atoms with van der Waals surface area (Å²) in [6.45, 7) is 1.80. The minimum Gasteiger partial charge on any atom is -0.461 e. The van der Waals surface area contributed by atoms with E-state index in [0.29, 0.717) is 6.42 Å². The van der Waals surface area contributed by atoms with Gasteiger partial charge in [0.25, 0.3) is 0 Å². The molecule has 1 aliphatic rings. The Kier molecular flexibility index (Phi) is 3.13. The van der Waals surface area contributed by atoms with Crippen molar-refractivity contribution in [1.82, 2.24) is 0 Å². The molecule has 1 aromatic carbocycles. The third kappa shape index (κ3) is 2.30. The van der Waals surface area contributed by atoms with Gasteiger partial charge in [-0.15, -0.1) is 0 Å². The fraction of sp³-hybridized carbons (Fsp3) is 0.385. The number of nitrogens with two attached hydrogens (primary N) is 1. The van der Waals surface area contributed by atoms with Gasteiger partial charge in [-0.3, -0.25) is 9.59 Å². The summed E-state index contributed by atoms with van der Waals surface area (Å²) >= 11 is 0. The number of primary amides is 1. The maximum Gasteiger partial charge on any atom is 0.309 e. The van der Waals surface area contributed by atoms with Gasteiger partial charge in [0.1, 0.15) is 6.10 Å². The molecule has 4 nitrogen and oxygen atoms in total. The van der Waals surface area contributed by atoms with Crippen molar-refractivity contribution >= 4 is 11.9 Å². The van der Waals surface area contributed by atoms with Crippen LogP contribution in [0.3, 0.4) is 0 Å². The monoisotopic (exact) mass is 233 g/mol. The molecule has 0 saturated carbocycles. The summed E-state index contributed by atoms with van der Waals surface area (Å²) in [7, 11) is 0. The van der Waals surface area contributed by atoms with Crippen molar-refractivity contribution in [2.75, 3.05) is 0 Å². The zero-order valence-electron chi connectivity index (χ0n) is 9.63. The van der Waals surface area contributed by atoms with Gasteiger partial charge in [-0.25, -0.2) is 0 Å². The Hall–Kier alpha value is -1.84. The predicted octanol–water partition coefficient (Wildman–Crippen LogP) is 1.21. The first-order chi connectivity index (χ1) is 8.09. The third-order valence-electron chi connectivity index (χ3n) is 3.09. The first-order valence-electron chi connectivity index (χ1n) is 5.64. The molecule has 1 saturated heterocycles. The molecular formula is C13H15NO3. The summed E-state index contributed by atoms with van der Waals surface area (Å²) in [5.74, 6) is -1.42. The van der Waals surface area contributed by atoms with E-state index in [-0.39, 0.29) is 11.9 Å². The molecule has 2 N–H and O–H groups in total. The zero-order valence-corrected chi connectivity index (χ0v) is 9.63. The number of carbonyl (C=O) groups is 2.